The minimum Gasteiger partial charge on any atom is -0.283 e. The number of para-hydroxylation sites is 1. The molecule has 0 spiro atoms. The lowest BCUT2D eigenvalue weighted by Gasteiger charge is -2.10. The van der Waals surface area contributed by atoms with Crippen molar-refractivity contribution in [2.75, 3.05) is 0 Å². The fraction of sp³-hybridized carbons (Fsp3) is 0.200. The smallest absolute Gasteiger partial charge is 0.283 e. The Bertz CT molecular complexity index is 504. The molecule has 0 saturated carbocycles. The van der Waals surface area contributed by atoms with E-state index in [4.69, 9.17) is 11.6 Å². The molecular formula is C10H8ClF2N3S. The van der Waals surface area contributed by atoms with Gasteiger partial charge in [-0.25, -0.2) is 0 Å². The van der Waals surface area contributed by atoms with Gasteiger partial charge in [0.1, 0.15) is 6.33 Å². The second-order valence-corrected chi connectivity index (χ2v) is 4.40. The number of thioether (sulfide) groups is 1. The molecule has 0 amide bonds. The number of hydrogen-bond donors (Lipinski definition) is 0. The van der Waals surface area contributed by atoms with Gasteiger partial charge in [0.15, 0.2) is 5.82 Å². The molecule has 0 aliphatic rings. The molecule has 1 aromatic carbocycles. The van der Waals surface area contributed by atoms with Crippen LogP contribution < -0.4 is 0 Å². The fourth-order valence-electron chi connectivity index (χ4n) is 1.40. The molecule has 0 N–H and O–H groups in total. The minimum absolute atomic E-state index is 0.174. The van der Waals surface area contributed by atoms with Crippen LogP contribution in [-0.2, 0) is 5.88 Å². The molecule has 0 bridgehead atoms. The number of hydrogen-bond acceptors (Lipinski definition) is 3. The summed E-state index contributed by atoms with van der Waals surface area (Å²) in [5.74, 6) is -1.77. The third-order valence-electron chi connectivity index (χ3n) is 2.08. The van der Waals surface area contributed by atoms with Crippen molar-refractivity contribution in [3.8, 4) is 5.69 Å². The highest BCUT2D eigenvalue weighted by molar-refractivity contribution is 7.99. The Balaban J connectivity index is 2.44. The van der Waals surface area contributed by atoms with E-state index in [-0.39, 0.29) is 5.88 Å². The van der Waals surface area contributed by atoms with E-state index >= 15 is 0 Å². The zero-order chi connectivity index (χ0) is 12.3. The van der Waals surface area contributed by atoms with E-state index in [1.54, 1.807) is 28.8 Å². The summed E-state index contributed by atoms with van der Waals surface area (Å²) in [5, 5.41) is 7.54. The molecule has 0 aliphatic heterocycles. The van der Waals surface area contributed by atoms with Crippen molar-refractivity contribution in [3.63, 3.8) is 0 Å². The zero-order valence-corrected chi connectivity index (χ0v) is 10.1. The SMILES string of the molecule is FC(F)Sc1ccccc1-n1cnnc1CCl. The molecule has 2 rings (SSSR count). The van der Waals surface area contributed by atoms with Crippen LogP contribution in [0.1, 0.15) is 5.82 Å². The standard InChI is InChI=1S/C10H8ClF2N3S/c11-5-9-15-14-6-16(9)7-3-1-2-4-8(7)17-10(12)13/h1-4,6,10H,5H2. The van der Waals surface area contributed by atoms with Gasteiger partial charge < -0.3 is 0 Å². The molecule has 1 heterocycles. The molecule has 90 valence electrons. The van der Waals surface area contributed by atoms with Crippen molar-refractivity contribution >= 4 is 23.4 Å². The van der Waals surface area contributed by atoms with E-state index in [2.05, 4.69) is 10.2 Å². The van der Waals surface area contributed by atoms with Crippen LogP contribution in [0.5, 0.6) is 0 Å². The Labute approximate surface area is 106 Å². The normalized spacial score (nSPS) is 11.1. The van der Waals surface area contributed by atoms with Gasteiger partial charge in [-0.3, -0.25) is 4.57 Å². The average molecular weight is 276 g/mol. The van der Waals surface area contributed by atoms with Crippen molar-refractivity contribution in [1.82, 2.24) is 14.8 Å². The number of nitrogens with zero attached hydrogens (tertiary/aromatic N) is 3. The molecule has 0 atom stereocenters. The lowest BCUT2D eigenvalue weighted by Crippen LogP contribution is -2.00. The van der Waals surface area contributed by atoms with Gasteiger partial charge in [-0.15, -0.1) is 21.8 Å². The lowest BCUT2D eigenvalue weighted by molar-refractivity contribution is 0.252. The molecule has 0 fully saturated rings. The van der Waals surface area contributed by atoms with Gasteiger partial charge >= 0.3 is 0 Å². The lowest BCUT2D eigenvalue weighted by atomic mass is 10.3. The molecule has 1 aromatic heterocycles. The van der Waals surface area contributed by atoms with Crippen molar-refractivity contribution < 1.29 is 8.78 Å². The fourth-order valence-corrected chi connectivity index (χ4v) is 2.22. The van der Waals surface area contributed by atoms with E-state index < -0.39 is 5.76 Å². The highest BCUT2D eigenvalue weighted by Gasteiger charge is 2.13. The highest BCUT2D eigenvalue weighted by Crippen LogP contribution is 2.30. The van der Waals surface area contributed by atoms with Crippen LogP contribution in [-0.4, -0.2) is 20.5 Å². The third kappa shape index (κ3) is 2.76. The maximum Gasteiger partial charge on any atom is 0.288 e. The van der Waals surface area contributed by atoms with Crippen LogP contribution in [0, 0.1) is 0 Å². The second-order valence-electron chi connectivity index (χ2n) is 3.10. The highest BCUT2D eigenvalue weighted by atomic mass is 35.5. The molecule has 17 heavy (non-hydrogen) atoms. The summed E-state index contributed by atoms with van der Waals surface area (Å²) in [7, 11) is 0. The summed E-state index contributed by atoms with van der Waals surface area (Å²) in [6, 6.07) is 6.83. The molecule has 7 heteroatoms. The summed E-state index contributed by atoms with van der Waals surface area (Å²) in [5.41, 5.74) is 0.610. The quantitative estimate of drug-likeness (QED) is 0.633. The maximum absolute atomic E-state index is 12.4. The Kier molecular flexibility index (Phi) is 3.96. The monoisotopic (exact) mass is 275 g/mol. The average Bonchev–Trinajstić information content (AvgIpc) is 2.77. The zero-order valence-electron chi connectivity index (χ0n) is 8.55. The summed E-state index contributed by atoms with van der Waals surface area (Å²) < 4.78 is 26.5. The summed E-state index contributed by atoms with van der Waals surface area (Å²) >= 11 is 6.19. The molecule has 0 radical (unpaired) electrons. The number of alkyl halides is 3. The van der Waals surface area contributed by atoms with Crippen molar-refractivity contribution in [3.05, 3.63) is 36.4 Å². The van der Waals surface area contributed by atoms with E-state index in [0.29, 0.717) is 28.2 Å². The molecule has 0 unspecified atom stereocenters. The van der Waals surface area contributed by atoms with Crippen LogP contribution in [0.3, 0.4) is 0 Å². The van der Waals surface area contributed by atoms with Crippen molar-refractivity contribution in [2.45, 2.75) is 16.5 Å². The van der Waals surface area contributed by atoms with Gasteiger partial charge in [0.2, 0.25) is 0 Å². The topological polar surface area (TPSA) is 30.7 Å². The summed E-state index contributed by atoms with van der Waals surface area (Å²) in [6.45, 7) is 0. The second kappa shape index (κ2) is 5.46. The van der Waals surface area contributed by atoms with Gasteiger partial charge in [0, 0.05) is 4.90 Å². The summed E-state index contributed by atoms with van der Waals surface area (Å²) in [6.07, 6.45) is 1.46. The first-order valence-electron chi connectivity index (χ1n) is 4.71. The Morgan fingerprint density at radius 3 is 2.82 bits per heavy atom. The Morgan fingerprint density at radius 2 is 2.12 bits per heavy atom. The number of halogens is 3. The molecule has 0 aliphatic carbocycles. The van der Waals surface area contributed by atoms with Crippen LogP contribution in [0.2, 0.25) is 0 Å². The Hall–Kier alpha value is -1.14. The van der Waals surface area contributed by atoms with Crippen LogP contribution >= 0.6 is 23.4 Å². The first kappa shape index (κ1) is 12.3. The first-order chi connectivity index (χ1) is 8.22. The summed E-state index contributed by atoms with van der Waals surface area (Å²) in [4.78, 5) is 0.466. The van der Waals surface area contributed by atoms with E-state index in [9.17, 15) is 8.78 Å². The molecular weight excluding hydrogens is 268 g/mol. The van der Waals surface area contributed by atoms with Crippen LogP contribution in [0.15, 0.2) is 35.5 Å². The third-order valence-corrected chi connectivity index (χ3v) is 3.10. The van der Waals surface area contributed by atoms with Crippen molar-refractivity contribution in [1.29, 1.82) is 0 Å². The predicted molar refractivity (Wildman–Crippen MR) is 62.8 cm³/mol. The maximum atomic E-state index is 12.4. The van der Waals surface area contributed by atoms with Crippen LogP contribution in [0.25, 0.3) is 5.69 Å². The first-order valence-corrected chi connectivity index (χ1v) is 6.13. The number of aromatic nitrogens is 3. The van der Waals surface area contributed by atoms with Gasteiger partial charge in [-0.2, -0.15) is 8.78 Å². The van der Waals surface area contributed by atoms with E-state index in [1.807, 2.05) is 0 Å². The van der Waals surface area contributed by atoms with E-state index in [1.165, 1.54) is 6.33 Å². The van der Waals surface area contributed by atoms with Gasteiger partial charge in [0.05, 0.1) is 11.6 Å². The minimum atomic E-state index is -2.47. The van der Waals surface area contributed by atoms with Gasteiger partial charge in [-0.1, -0.05) is 23.9 Å². The largest absolute Gasteiger partial charge is 0.288 e. The van der Waals surface area contributed by atoms with Crippen LogP contribution in [0.4, 0.5) is 8.78 Å². The van der Waals surface area contributed by atoms with Crippen molar-refractivity contribution in [2.24, 2.45) is 0 Å². The number of rotatable bonds is 4. The molecule has 0 saturated heterocycles. The molecule has 2 aromatic rings. The Morgan fingerprint density at radius 1 is 1.35 bits per heavy atom. The predicted octanol–water partition coefficient (Wildman–Crippen LogP) is 3.32. The van der Waals surface area contributed by atoms with Gasteiger partial charge in [0.25, 0.3) is 5.76 Å². The number of benzene rings is 1. The molecule has 3 nitrogen and oxygen atoms in total. The van der Waals surface area contributed by atoms with E-state index in [0.717, 1.165) is 0 Å². The van der Waals surface area contributed by atoms with Gasteiger partial charge in [-0.05, 0) is 12.1 Å².